The molecule has 0 aliphatic carbocycles. The Balaban J connectivity index is 1.29. The summed E-state index contributed by atoms with van der Waals surface area (Å²) in [6.07, 6.45) is 8.78. The van der Waals surface area contributed by atoms with E-state index in [1.54, 1.807) is 10.9 Å². The third kappa shape index (κ3) is 4.42. The van der Waals surface area contributed by atoms with E-state index in [0.717, 1.165) is 34.7 Å². The normalized spacial score (nSPS) is 22.3. The van der Waals surface area contributed by atoms with Crippen molar-refractivity contribution in [2.45, 2.75) is 49.9 Å². The Morgan fingerprint density at radius 2 is 1.85 bits per heavy atom. The molecule has 2 aromatic heterocycles. The number of anilines is 1. The Morgan fingerprint density at radius 1 is 1.09 bits per heavy atom. The largest absolute Gasteiger partial charge is 0.323 e. The van der Waals surface area contributed by atoms with Gasteiger partial charge in [0.05, 0.1) is 12.2 Å². The number of amides is 2. The fourth-order valence-corrected chi connectivity index (χ4v) is 5.24. The lowest BCUT2D eigenvalue weighted by atomic mass is 9.97. The second-order valence-electron chi connectivity index (χ2n) is 9.10. The van der Waals surface area contributed by atoms with E-state index in [-0.39, 0.29) is 24.2 Å². The molecule has 2 fully saturated rings. The molecule has 5 rings (SSSR count). The Kier molecular flexibility index (Phi) is 5.97. The molecule has 0 radical (unpaired) electrons. The summed E-state index contributed by atoms with van der Waals surface area (Å²) in [4.78, 5) is 19.4. The summed E-state index contributed by atoms with van der Waals surface area (Å²) in [7, 11) is 1.88. The first kappa shape index (κ1) is 21.8. The Hall–Kier alpha value is -3.07. The number of carbonyl (C=O) groups excluding carboxylic acids is 1. The number of carbonyl (C=O) groups is 1. The van der Waals surface area contributed by atoms with Crippen molar-refractivity contribution in [1.29, 1.82) is 0 Å². The van der Waals surface area contributed by atoms with E-state index in [4.69, 9.17) is 0 Å². The molecule has 3 aromatic rings. The number of hydrogen-bond acceptors (Lipinski definition) is 4. The molecule has 2 bridgehead atoms. The summed E-state index contributed by atoms with van der Waals surface area (Å²) in [5.41, 5.74) is 2.07. The van der Waals surface area contributed by atoms with Crippen molar-refractivity contribution in [3.05, 3.63) is 42.9 Å². The second-order valence-corrected chi connectivity index (χ2v) is 9.10. The number of alkyl halides is 2. The van der Waals surface area contributed by atoms with E-state index >= 15 is 0 Å². The number of nitrogens with zero attached hydrogens (tertiary/aromatic N) is 4. The number of halogens is 2. The SMILES string of the molecule is Cn1cc(-c2ccc3cnc(NC(=O)N4[C@@H]5CC[C@H]4CC(NC(CF)CF)C5)cc3c2)cn1. The number of aromatic nitrogens is 3. The van der Waals surface area contributed by atoms with Gasteiger partial charge in [0.1, 0.15) is 19.2 Å². The molecule has 9 heteroatoms. The topological polar surface area (TPSA) is 75.1 Å². The van der Waals surface area contributed by atoms with Gasteiger partial charge in [-0.2, -0.15) is 5.10 Å². The number of benzene rings is 1. The van der Waals surface area contributed by atoms with Crippen LogP contribution in [0.3, 0.4) is 0 Å². The van der Waals surface area contributed by atoms with Gasteiger partial charge in [0.15, 0.2) is 0 Å². The van der Waals surface area contributed by atoms with Gasteiger partial charge in [-0.05, 0) is 48.8 Å². The van der Waals surface area contributed by atoms with Crippen molar-refractivity contribution >= 4 is 22.6 Å². The number of rotatable bonds is 6. The molecule has 2 N–H and O–H groups in total. The fourth-order valence-electron chi connectivity index (χ4n) is 5.24. The van der Waals surface area contributed by atoms with Gasteiger partial charge in [0, 0.05) is 48.5 Å². The number of fused-ring (bicyclic) bond motifs is 3. The molecular formula is C24H28F2N6O. The highest BCUT2D eigenvalue weighted by atomic mass is 19.1. The number of aryl methyl sites for hydroxylation is 1. The van der Waals surface area contributed by atoms with Gasteiger partial charge in [-0.3, -0.25) is 10.00 Å². The predicted octanol–water partition coefficient (Wildman–Crippen LogP) is 4.06. The molecule has 7 nitrogen and oxygen atoms in total. The monoisotopic (exact) mass is 454 g/mol. The van der Waals surface area contributed by atoms with Gasteiger partial charge in [-0.15, -0.1) is 0 Å². The van der Waals surface area contributed by atoms with Crippen molar-refractivity contribution in [1.82, 2.24) is 25.0 Å². The average Bonchev–Trinajstić information content (AvgIpc) is 3.37. The Labute approximate surface area is 191 Å². The molecule has 2 amide bonds. The molecule has 0 saturated carbocycles. The number of urea groups is 1. The summed E-state index contributed by atoms with van der Waals surface area (Å²) < 4.78 is 27.6. The average molecular weight is 455 g/mol. The molecule has 1 unspecified atom stereocenters. The van der Waals surface area contributed by atoms with Crippen LogP contribution in [-0.4, -0.2) is 63.2 Å². The summed E-state index contributed by atoms with van der Waals surface area (Å²) >= 11 is 0. The number of hydrogen-bond donors (Lipinski definition) is 2. The maximum absolute atomic E-state index is 13.1. The van der Waals surface area contributed by atoms with Crippen molar-refractivity contribution in [3.8, 4) is 11.1 Å². The second kappa shape index (κ2) is 9.05. The molecule has 2 aliphatic heterocycles. The van der Waals surface area contributed by atoms with Crippen LogP contribution in [0.15, 0.2) is 42.9 Å². The van der Waals surface area contributed by atoms with Crippen molar-refractivity contribution < 1.29 is 13.6 Å². The zero-order chi connectivity index (χ0) is 22.9. The van der Waals surface area contributed by atoms with Crippen LogP contribution in [0, 0.1) is 0 Å². The Morgan fingerprint density at radius 3 is 2.52 bits per heavy atom. The molecular weight excluding hydrogens is 426 g/mol. The smallest absolute Gasteiger partial charge is 0.318 e. The third-order valence-electron chi connectivity index (χ3n) is 6.81. The maximum atomic E-state index is 13.1. The quantitative estimate of drug-likeness (QED) is 0.589. The molecule has 1 aromatic carbocycles. The molecule has 2 aliphatic rings. The van der Waals surface area contributed by atoms with Crippen molar-refractivity contribution in [2.24, 2.45) is 7.05 Å². The highest BCUT2D eigenvalue weighted by molar-refractivity contribution is 5.93. The fraction of sp³-hybridized carbons (Fsp3) is 0.458. The van der Waals surface area contributed by atoms with Crippen LogP contribution in [0.1, 0.15) is 25.7 Å². The lowest BCUT2D eigenvalue weighted by Gasteiger charge is -2.39. The number of nitrogens with one attached hydrogen (secondary N) is 2. The van der Waals surface area contributed by atoms with Gasteiger partial charge >= 0.3 is 6.03 Å². The Bertz CT molecular complexity index is 1130. The van der Waals surface area contributed by atoms with Gasteiger partial charge in [-0.25, -0.2) is 18.6 Å². The minimum absolute atomic E-state index is 0.0349. The van der Waals surface area contributed by atoms with Crippen LogP contribution in [0.2, 0.25) is 0 Å². The van der Waals surface area contributed by atoms with Gasteiger partial charge in [-0.1, -0.05) is 12.1 Å². The first-order valence-electron chi connectivity index (χ1n) is 11.4. The van der Waals surface area contributed by atoms with Gasteiger partial charge in [0.2, 0.25) is 0 Å². The lowest BCUT2D eigenvalue weighted by molar-refractivity contribution is 0.133. The van der Waals surface area contributed by atoms with E-state index < -0.39 is 19.4 Å². The van der Waals surface area contributed by atoms with Crippen LogP contribution >= 0.6 is 0 Å². The number of piperidine rings is 1. The third-order valence-corrected chi connectivity index (χ3v) is 6.81. The summed E-state index contributed by atoms with van der Waals surface area (Å²) in [6, 6.07) is 7.25. The lowest BCUT2D eigenvalue weighted by Crippen LogP contribution is -2.54. The zero-order valence-electron chi connectivity index (χ0n) is 18.5. The molecule has 4 heterocycles. The molecule has 2 saturated heterocycles. The van der Waals surface area contributed by atoms with Crippen LogP contribution in [0.4, 0.5) is 19.4 Å². The van der Waals surface area contributed by atoms with E-state index in [0.29, 0.717) is 18.7 Å². The molecule has 33 heavy (non-hydrogen) atoms. The zero-order valence-corrected chi connectivity index (χ0v) is 18.5. The van der Waals surface area contributed by atoms with Gasteiger partial charge < -0.3 is 10.2 Å². The maximum Gasteiger partial charge on any atom is 0.323 e. The number of pyridine rings is 1. The summed E-state index contributed by atoms with van der Waals surface area (Å²) in [6.45, 7) is -1.44. The van der Waals surface area contributed by atoms with E-state index in [1.165, 1.54) is 0 Å². The standard InChI is InChI=1S/C24H28F2N6O/c1-31-14-18(13-28-31)15-2-3-16-12-27-23(7-17(16)6-15)30-24(33)32-21-4-5-22(32)9-19(8-21)29-20(10-25)11-26/h2-3,6-7,12-14,19-22,29H,4-5,8-11H2,1H3,(H,27,30,33)/t19?,21-,22+. The predicted molar refractivity (Wildman–Crippen MR) is 124 cm³/mol. The highest BCUT2D eigenvalue weighted by Crippen LogP contribution is 2.36. The van der Waals surface area contributed by atoms with Crippen LogP contribution in [-0.2, 0) is 7.05 Å². The van der Waals surface area contributed by atoms with Crippen LogP contribution in [0.5, 0.6) is 0 Å². The summed E-state index contributed by atoms with van der Waals surface area (Å²) in [5.74, 6) is 0.505. The van der Waals surface area contributed by atoms with Crippen molar-refractivity contribution in [2.75, 3.05) is 18.7 Å². The molecule has 0 spiro atoms. The van der Waals surface area contributed by atoms with E-state index in [2.05, 4.69) is 26.8 Å². The molecule has 3 atom stereocenters. The highest BCUT2D eigenvalue weighted by Gasteiger charge is 2.43. The first-order chi connectivity index (χ1) is 16.0. The minimum Gasteiger partial charge on any atom is -0.318 e. The van der Waals surface area contributed by atoms with Crippen LogP contribution < -0.4 is 10.6 Å². The summed E-state index contributed by atoms with van der Waals surface area (Å²) in [5, 5.41) is 12.2. The van der Waals surface area contributed by atoms with E-state index in [1.807, 2.05) is 42.5 Å². The van der Waals surface area contributed by atoms with E-state index in [9.17, 15) is 13.6 Å². The van der Waals surface area contributed by atoms with Gasteiger partial charge in [0.25, 0.3) is 0 Å². The first-order valence-corrected chi connectivity index (χ1v) is 11.4. The molecule has 174 valence electrons. The van der Waals surface area contributed by atoms with Crippen LogP contribution in [0.25, 0.3) is 21.9 Å². The minimum atomic E-state index is -0.756. The van der Waals surface area contributed by atoms with Crippen molar-refractivity contribution in [3.63, 3.8) is 0 Å².